The summed E-state index contributed by atoms with van der Waals surface area (Å²) in [5, 5.41) is 4.73. The van der Waals surface area contributed by atoms with Crippen LogP contribution in [0.4, 0.5) is 19.0 Å². The van der Waals surface area contributed by atoms with E-state index in [0.29, 0.717) is 23.9 Å². The smallest absolute Gasteiger partial charge is 0.422 e. The van der Waals surface area contributed by atoms with Crippen molar-refractivity contribution < 1.29 is 17.9 Å². The highest BCUT2D eigenvalue weighted by atomic mass is 35.5. The topological polar surface area (TPSA) is 64.9 Å². The summed E-state index contributed by atoms with van der Waals surface area (Å²) >= 11 is 5.98. The van der Waals surface area contributed by atoms with Gasteiger partial charge >= 0.3 is 6.18 Å². The van der Waals surface area contributed by atoms with E-state index in [1.807, 2.05) is 35.0 Å². The number of pyridine rings is 3. The number of fused-ring (bicyclic) bond motifs is 1. The van der Waals surface area contributed by atoms with Crippen LogP contribution in [0.2, 0.25) is 5.02 Å². The van der Waals surface area contributed by atoms with E-state index in [-0.39, 0.29) is 5.88 Å². The van der Waals surface area contributed by atoms with E-state index in [9.17, 15) is 13.2 Å². The largest absolute Gasteiger partial charge is 0.468 e. The Morgan fingerprint density at radius 1 is 0.968 bits per heavy atom. The summed E-state index contributed by atoms with van der Waals surface area (Å²) in [6.45, 7) is -0.322. The van der Waals surface area contributed by atoms with Crippen LogP contribution in [-0.2, 0) is 13.1 Å². The SMILES string of the molecule is FC(F)(F)COc1ccc(CNc2ccc(Cn3ccc4cc(Cl)cnc43)cn2)cn1. The van der Waals surface area contributed by atoms with Crippen LogP contribution < -0.4 is 10.1 Å². The normalized spacial score (nSPS) is 11.6. The van der Waals surface area contributed by atoms with Gasteiger partial charge in [0.2, 0.25) is 5.88 Å². The molecule has 4 aromatic heterocycles. The lowest BCUT2D eigenvalue weighted by Gasteiger charge is -2.10. The maximum Gasteiger partial charge on any atom is 0.422 e. The highest BCUT2D eigenvalue weighted by Gasteiger charge is 2.28. The van der Waals surface area contributed by atoms with Crippen molar-refractivity contribution in [3.63, 3.8) is 0 Å². The first-order chi connectivity index (χ1) is 14.9. The molecule has 0 aliphatic carbocycles. The second kappa shape index (κ2) is 8.81. The minimum absolute atomic E-state index is 0.0714. The Kier molecular flexibility index (Phi) is 5.94. The number of hydrogen-bond donors (Lipinski definition) is 1. The molecule has 0 aliphatic rings. The van der Waals surface area contributed by atoms with Crippen molar-refractivity contribution in [1.29, 1.82) is 0 Å². The lowest BCUT2D eigenvalue weighted by Crippen LogP contribution is -2.19. The van der Waals surface area contributed by atoms with E-state index in [1.54, 1.807) is 18.5 Å². The molecule has 1 N–H and O–H groups in total. The zero-order valence-electron chi connectivity index (χ0n) is 16.1. The van der Waals surface area contributed by atoms with Crippen molar-refractivity contribution in [3.8, 4) is 5.88 Å². The highest BCUT2D eigenvalue weighted by Crippen LogP contribution is 2.20. The van der Waals surface area contributed by atoms with Gasteiger partial charge < -0.3 is 14.6 Å². The fourth-order valence-electron chi connectivity index (χ4n) is 2.95. The van der Waals surface area contributed by atoms with E-state index >= 15 is 0 Å². The van der Waals surface area contributed by atoms with Gasteiger partial charge in [-0.3, -0.25) is 0 Å². The number of anilines is 1. The molecule has 0 bridgehead atoms. The Morgan fingerprint density at radius 2 is 1.77 bits per heavy atom. The van der Waals surface area contributed by atoms with Crippen LogP contribution in [-0.4, -0.2) is 32.3 Å². The molecule has 0 radical (unpaired) electrons. The number of alkyl halides is 3. The monoisotopic (exact) mass is 447 g/mol. The molecular formula is C21H17ClF3N5O. The van der Waals surface area contributed by atoms with Crippen molar-refractivity contribution in [1.82, 2.24) is 19.5 Å². The number of ether oxygens (including phenoxy) is 1. The molecule has 0 aromatic carbocycles. The Balaban J connectivity index is 1.32. The third-order valence-corrected chi connectivity index (χ3v) is 4.61. The second-order valence-electron chi connectivity index (χ2n) is 6.82. The van der Waals surface area contributed by atoms with Crippen molar-refractivity contribution in [2.75, 3.05) is 11.9 Å². The summed E-state index contributed by atoms with van der Waals surface area (Å²) in [6.07, 6.45) is 2.42. The Hall–Kier alpha value is -3.33. The van der Waals surface area contributed by atoms with Gasteiger partial charge in [0, 0.05) is 42.8 Å². The van der Waals surface area contributed by atoms with Gasteiger partial charge in [-0.1, -0.05) is 23.7 Å². The quantitative estimate of drug-likeness (QED) is 0.428. The van der Waals surface area contributed by atoms with E-state index in [2.05, 4.69) is 25.0 Å². The molecule has 0 unspecified atom stereocenters. The molecule has 0 aliphatic heterocycles. The van der Waals surface area contributed by atoms with Crippen LogP contribution in [0.3, 0.4) is 0 Å². The summed E-state index contributed by atoms with van der Waals surface area (Å²) in [6, 6.07) is 10.7. The molecule has 6 nitrogen and oxygen atoms in total. The lowest BCUT2D eigenvalue weighted by atomic mass is 10.2. The maximum atomic E-state index is 12.2. The predicted molar refractivity (Wildman–Crippen MR) is 111 cm³/mol. The number of nitrogens with zero attached hydrogens (tertiary/aromatic N) is 4. The zero-order chi connectivity index (χ0) is 21.8. The van der Waals surface area contributed by atoms with Gasteiger partial charge in [0.25, 0.3) is 0 Å². The first kappa shape index (κ1) is 20.9. The van der Waals surface area contributed by atoms with Crippen LogP contribution in [0.1, 0.15) is 11.1 Å². The Labute approximate surface area is 180 Å². The van der Waals surface area contributed by atoms with Crippen molar-refractivity contribution in [2.45, 2.75) is 19.3 Å². The molecule has 0 spiro atoms. The molecule has 0 saturated carbocycles. The minimum atomic E-state index is -4.39. The number of aromatic nitrogens is 4. The molecule has 160 valence electrons. The minimum Gasteiger partial charge on any atom is -0.468 e. The van der Waals surface area contributed by atoms with E-state index in [1.165, 1.54) is 12.3 Å². The van der Waals surface area contributed by atoms with Gasteiger partial charge in [-0.05, 0) is 29.3 Å². The molecule has 10 heteroatoms. The fourth-order valence-corrected chi connectivity index (χ4v) is 3.11. The van der Waals surface area contributed by atoms with Crippen molar-refractivity contribution in [2.24, 2.45) is 0 Å². The van der Waals surface area contributed by atoms with E-state index < -0.39 is 12.8 Å². The summed E-state index contributed by atoms with van der Waals surface area (Å²) in [5.74, 6) is 0.598. The van der Waals surface area contributed by atoms with Gasteiger partial charge in [0.05, 0.1) is 11.6 Å². The van der Waals surface area contributed by atoms with Crippen LogP contribution in [0.5, 0.6) is 5.88 Å². The highest BCUT2D eigenvalue weighted by molar-refractivity contribution is 6.31. The Bertz CT molecular complexity index is 1160. The first-order valence-electron chi connectivity index (χ1n) is 9.29. The zero-order valence-corrected chi connectivity index (χ0v) is 16.9. The average molecular weight is 448 g/mol. The molecule has 0 saturated heterocycles. The molecule has 4 aromatic rings. The summed E-state index contributed by atoms with van der Waals surface area (Å²) < 4.78 is 43.1. The number of rotatable bonds is 7. The number of hydrogen-bond acceptors (Lipinski definition) is 5. The summed E-state index contributed by atoms with van der Waals surface area (Å²) in [7, 11) is 0. The Morgan fingerprint density at radius 3 is 2.48 bits per heavy atom. The van der Waals surface area contributed by atoms with Crippen LogP contribution in [0, 0.1) is 0 Å². The number of nitrogens with one attached hydrogen (secondary N) is 1. The second-order valence-corrected chi connectivity index (χ2v) is 7.26. The first-order valence-corrected chi connectivity index (χ1v) is 9.67. The van der Waals surface area contributed by atoms with Gasteiger partial charge in [-0.15, -0.1) is 0 Å². The lowest BCUT2D eigenvalue weighted by molar-refractivity contribution is -0.154. The molecule has 0 atom stereocenters. The molecular weight excluding hydrogens is 431 g/mol. The van der Waals surface area contributed by atoms with Gasteiger partial charge in [-0.2, -0.15) is 13.2 Å². The van der Waals surface area contributed by atoms with Crippen molar-refractivity contribution in [3.05, 3.63) is 77.3 Å². The molecule has 0 amide bonds. The number of halogens is 4. The van der Waals surface area contributed by atoms with Gasteiger partial charge in [0.1, 0.15) is 11.5 Å². The van der Waals surface area contributed by atoms with Gasteiger partial charge in [-0.25, -0.2) is 15.0 Å². The van der Waals surface area contributed by atoms with Crippen LogP contribution >= 0.6 is 11.6 Å². The standard InChI is InChI=1S/C21H17ClF3N5O/c22-17-7-16-5-6-30(20(16)29-11-17)12-15-1-3-18(27-10-15)26-8-14-2-4-19(28-9-14)31-13-21(23,24)25/h1-7,9-11H,8,12-13H2,(H,26,27). The third-order valence-electron chi connectivity index (χ3n) is 4.40. The van der Waals surface area contributed by atoms with Crippen molar-refractivity contribution >= 4 is 28.5 Å². The fraction of sp³-hybridized carbons (Fsp3) is 0.190. The van der Waals surface area contributed by atoms with Crippen LogP contribution in [0.25, 0.3) is 11.0 Å². The molecule has 4 rings (SSSR count). The summed E-state index contributed by atoms with van der Waals surface area (Å²) in [5.41, 5.74) is 2.64. The molecule has 0 fully saturated rings. The summed E-state index contributed by atoms with van der Waals surface area (Å²) in [4.78, 5) is 12.7. The molecule has 31 heavy (non-hydrogen) atoms. The average Bonchev–Trinajstić information content (AvgIpc) is 3.13. The van der Waals surface area contributed by atoms with E-state index in [0.717, 1.165) is 22.2 Å². The third kappa shape index (κ3) is 5.64. The van der Waals surface area contributed by atoms with Gasteiger partial charge in [0.15, 0.2) is 6.61 Å². The molecule has 4 heterocycles. The predicted octanol–water partition coefficient (Wildman–Crippen LogP) is 5.08. The van der Waals surface area contributed by atoms with E-state index in [4.69, 9.17) is 11.6 Å². The maximum absolute atomic E-state index is 12.2. The van der Waals surface area contributed by atoms with Crippen LogP contribution in [0.15, 0.2) is 61.2 Å².